The van der Waals surface area contributed by atoms with Gasteiger partial charge in [0.2, 0.25) is 0 Å². The molecule has 2 aliphatic heterocycles. The van der Waals surface area contributed by atoms with Crippen LogP contribution in [0.15, 0.2) is 45.8 Å². The number of Topliss-reactive ketones (excluding diaryl/α,β-unsaturated/α-hetero) is 1. The SMILES string of the molecule is CSC1=NC2CC=NN2C(Nc2ccc(C(C)=O)cc2)=C1C#N. The number of nitrogens with zero attached hydrogens (tertiary/aromatic N) is 4. The van der Waals surface area contributed by atoms with E-state index in [0.29, 0.717) is 22.0 Å². The summed E-state index contributed by atoms with van der Waals surface area (Å²) in [6, 6.07) is 9.37. The van der Waals surface area contributed by atoms with Crippen molar-refractivity contribution in [2.24, 2.45) is 10.1 Å². The van der Waals surface area contributed by atoms with E-state index in [0.717, 1.165) is 12.1 Å². The lowest BCUT2D eigenvalue weighted by Crippen LogP contribution is -2.34. The zero-order valence-electron chi connectivity index (χ0n) is 12.8. The molecule has 0 saturated carbocycles. The van der Waals surface area contributed by atoms with Crippen molar-refractivity contribution < 1.29 is 4.79 Å². The van der Waals surface area contributed by atoms with Gasteiger partial charge in [0, 0.05) is 23.9 Å². The Morgan fingerprint density at radius 2 is 2.17 bits per heavy atom. The van der Waals surface area contributed by atoms with Gasteiger partial charge < -0.3 is 5.32 Å². The number of hydrazone groups is 1. The highest BCUT2D eigenvalue weighted by Crippen LogP contribution is 2.30. The number of thioether (sulfide) groups is 1. The van der Waals surface area contributed by atoms with Crippen molar-refractivity contribution in [1.29, 1.82) is 5.26 Å². The van der Waals surface area contributed by atoms with Crippen LogP contribution in [-0.4, -0.2) is 34.5 Å². The van der Waals surface area contributed by atoms with E-state index in [1.54, 1.807) is 23.4 Å². The predicted molar refractivity (Wildman–Crippen MR) is 92.4 cm³/mol. The van der Waals surface area contributed by atoms with Crippen LogP contribution in [0.2, 0.25) is 0 Å². The van der Waals surface area contributed by atoms with Crippen molar-refractivity contribution in [3.8, 4) is 6.07 Å². The number of hydrogen-bond donors (Lipinski definition) is 1. The Hall–Kier alpha value is -2.59. The van der Waals surface area contributed by atoms with Gasteiger partial charge in [-0.3, -0.25) is 4.79 Å². The maximum absolute atomic E-state index is 11.4. The van der Waals surface area contributed by atoms with Crippen LogP contribution in [-0.2, 0) is 0 Å². The van der Waals surface area contributed by atoms with E-state index in [4.69, 9.17) is 0 Å². The van der Waals surface area contributed by atoms with Crippen molar-refractivity contribution in [3.63, 3.8) is 0 Å². The van der Waals surface area contributed by atoms with Crippen molar-refractivity contribution in [1.82, 2.24) is 5.01 Å². The Morgan fingerprint density at radius 3 is 2.78 bits per heavy atom. The standard InChI is InChI=1S/C16H15N5OS/c1-10(22)11-3-5-12(6-4-11)19-15-13(9-17)16(23-2)20-14-7-8-18-21(14)15/h3-6,8,14,19H,7H2,1-2H3. The van der Waals surface area contributed by atoms with Gasteiger partial charge in [0.1, 0.15) is 28.7 Å². The van der Waals surface area contributed by atoms with E-state index in [-0.39, 0.29) is 11.9 Å². The summed E-state index contributed by atoms with van der Waals surface area (Å²) in [5, 5.41) is 19.5. The number of benzene rings is 1. The van der Waals surface area contributed by atoms with Gasteiger partial charge in [0.15, 0.2) is 5.78 Å². The second-order valence-electron chi connectivity index (χ2n) is 5.09. The number of nitrogens with one attached hydrogen (secondary N) is 1. The number of anilines is 1. The molecule has 0 aromatic heterocycles. The molecule has 0 spiro atoms. The summed E-state index contributed by atoms with van der Waals surface area (Å²) < 4.78 is 0. The van der Waals surface area contributed by atoms with Gasteiger partial charge in [-0.2, -0.15) is 10.4 Å². The molecule has 1 aromatic rings. The second kappa shape index (κ2) is 6.26. The summed E-state index contributed by atoms with van der Waals surface area (Å²) in [6.45, 7) is 1.53. The molecule has 1 atom stereocenters. The topological polar surface area (TPSA) is 80.8 Å². The first-order valence-electron chi connectivity index (χ1n) is 7.10. The summed E-state index contributed by atoms with van der Waals surface area (Å²) in [7, 11) is 0. The van der Waals surface area contributed by atoms with Crippen molar-refractivity contribution in [2.45, 2.75) is 19.5 Å². The number of ketones is 1. The summed E-state index contributed by atoms with van der Waals surface area (Å²) in [6.07, 6.45) is 4.32. The van der Waals surface area contributed by atoms with Gasteiger partial charge in [-0.25, -0.2) is 10.0 Å². The first-order chi connectivity index (χ1) is 11.1. The highest BCUT2D eigenvalue weighted by atomic mass is 32.2. The lowest BCUT2D eigenvalue weighted by atomic mass is 10.1. The average Bonchev–Trinajstić information content (AvgIpc) is 3.03. The number of hydrogen-bond acceptors (Lipinski definition) is 7. The largest absolute Gasteiger partial charge is 0.339 e. The molecule has 23 heavy (non-hydrogen) atoms. The maximum atomic E-state index is 11.4. The average molecular weight is 325 g/mol. The van der Waals surface area contributed by atoms with Crippen LogP contribution in [0.3, 0.4) is 0 Å². The van der Waals surface area contributed by atoms with E-state index in [9.17, 15) is 10.1 Å². The minimum Gasteiger partial charge on any atom is -0.339 e. The third kappa shape index (κ3) is 2.85. The molecule has 2 aliphatic rings. The van der Waals surface area contributed by atoms with Crippen molar-refractivity contribution in [3.05, 3.63) is 41.2 Å². The number of rotatable bonds is 3. The van der Waals surface area contributed by atoms with E-state index >= 15 is 0 Å². The molecular weight excluding hydrogens is 310 g/mol. The Bertz CT molecular complexity index is 773. The Kier molecular flexibility index (Phi) is 4.17. The number of carbonyl (C=O) groups excluding carboxylic acids is 1. The Balaban J connectivity index is 1.96. The van der Waals surface area contributed by atoms with E-state index in [1.807, 2.05) is 18.4 Å². The molecule has 0 radical (unpaired) electrons. The van der Waals surface area contributed by atoms with E-state index in [1.165, 1.54) is 18.7 Å². The van der Waals surface area contributed by atoms with Gasteiger partial charge in [0.05, 0.1) is 0 Å². The minimum absolute atomic E-state index is 0.0205. The van der Waals surface area contributed by atoms with Crippen LogP contribution < -0.4 is 5.32 Å². The molecule has 0 amide bonds. The second-order valence-corrected chi connectivity index (χ2v) is 5.89. The summed E-state index contributed by atoms with van der Waals surface area (Å²) in [4.78, 5) is 15.9. The molecule has 6 nitrogen and oxygen atoms in total. The molecule has 2 heterocycles. The number of nitriles is 1. The number of carbonyl (C=O) groups is 1. The number of aliphatic imine (C=N–C) groups is 1. The summed E-state index contributed by atoms with van der Waals surface area (Å²) in [5.74, 6) is 0.647. The Morgan fingerprint density at radius 1 is 1.43 bits per heavy atom. The third-order valence-electron chi connectivity index (χ3n) is 3.61. The van der Waals surface area contributed by atoms with E-state index < -0.39 is 0 Å². The van der Waals surface area contributed by atoms with Crippen LogP contribution in [0, 0.1) is 11.3 Å². The van der Waals surface area contributed by atoms with Crippen LogP contribution in [0.5, 0.6) is 0 Å². The van der Waals surface area contributed by atoms with Gasteiger partial charge >= 0.3 is 0 Å². The zero-order chi connectivity index (χ0) is 16.4. The smallest absolute Gasteiger partial charge is 0.159 e. The third-order valence-corrected chi connectivity index (χ3v) is 4.31. The van der Waals surface area contributed by atoms with Gasteiger partial charge in [0.25, 0.3) is 0 Å². The van der Waals surface area contributed by atoms with E-state index in [2.05, 4.69) is 21.5 Å². The highest BCUT2D eigenvalue weighted by molar-refractivity contribution is 8.13. The van der Waals surface area contributed by atoms with Crippen molar-refractivity contribution in [2.75, 3.05) is 11.6 Å². The Labute approximate surface area is 138 Å². The molecule has 1 unspecified atom stereocenters. The first-order valence-corrected chi connectivity index (χ1v) is 8.32. The quantitative estimate of drug-likeness (QED) is 0.864. The lowest BCUT2D eigenvalue weighted by molar-refractivity contribution is 0.101. The molecule has 1 aromatic carbocycles. The fraction of sp³-hybridized carbons (Fsp3) is 0.250. The number of fused-ring (bicyclic) bond motifs is 1. The monoisotopic (exact) mass is 325 g/mol. The van der Waals surface area contributed by atoms with Crippen LogP contribution in [0.4, 0.5) is 5.69 Å². The van der Waals surface area contributed by atoms with Gasteiger partial charge in [-0.1, -0.05) is 0 Å². The first kappa shape index (κ1) is 15.3. The molecule has 1 N–H and O–H groups in total. The normalized spacial score (nSPS) is 19.3. The fourth-order valence-corrected chi connectivity index (χ4v) is 3.01. The summed E-state index contributed by atoms with van der Waals surface area (Å²) in [5.41, 5.74) is 1.92. The van der Waals surface area contributed by atoms with Gasteiger partial charge in [-0.05, 0) is 37.4 Å². The fourth-order valence-electron chi connectivity index (χ4n) is 2.44. The molecule has 0 aliphatic carbocycles. The van der Waals surface area contributed by atoms with Crippen LogP contribution in [0.1, 0.15) is 23.7 Å². The predicted octanol–water partition coefficient (Wildman–Crippen LogP) is 2.83. The zero-order valence-corrected chi connectivity index (χ0v) is 13.6. The molecule has 0 fully saturated rings. The highest BCUT2D eigenvalue weighted by Gasteiger charge is 2.32. The molecule has 116 valence electrons. The lowest BCUT2D eigenvalue weighted by Gasteiger charge is -2.29. The molecule has 3 rings (SSSR count). The van der Waals surface area contributed by atoms with Crippen molar-refractivity contribution >= 4 is 34.5 Å². The van der Waals surface area contributed by atoms with Crippen LogP contribution in [0.25, 0.3) is 0 Å². The van der Waals surface area contributed by atoms with Crippen LogP contribution >= 0.6 is 11.8 Å². The summed E-state index contributed by atoms with van der Waals surface area (Å²) >= 11 is 1.45. The molecule has 7 heteroatoms. The molecule has 0 bridgehead atoms. The van der Waals surface area contributed by atoms with Gasteiger partial charge in [-0.15, -0.1) is 11.8 Å². The molecule has 0 saturated heterocycles. The molecular formula is C16H15N5OS. The minimum atomic E-state index is -0.103. The maximum Gasteiger partial charge on any atom is 0.159 e.